The van der Waals surface area contributed by atoms with Gasteiger partial charge in [0.25, 0.3) is 0 Å². The van der Waals surface area contributed by atoms with Gasteiger partial charge in [0.05, 0.1) is 0 Å². The van der Waals surface area contributed by atoms with Crippen molar-refractivity contribution in [1.29, 1.82) is 0 Å². The molecule has 136 valence electrons. The van der Waals surface area contributed by atoms with Crippen molar-refractivity contribution in [2.75, 3.05) is 24.8 Å². The van der Waals surface area contributed by atoms with E-state index >= 15 is 0 Å². The normalized spacial score (nSPS) is 18.8. The van der Waals surface area contributed by atoms with Crippen LogP contribution in [-0.4, -0.2) is 35.6 Å². The smallest absolute Gasteiger partial charge is 0.231 e. The molecule has 0 bridgehead atoms. The van der Waals surface area contributed by atoms with Crippen molar-refractivity contribution in [3.05, 3.63) is 41.9 Å². The van der Waals surface area contributed by atoms with Crippen LogP contribution >= 0.6 is 0 Å². The van der Waals surface area contributed by atoms with E-state index in [1.807, 2.05) is 18.3 Å². The molecule has 6 heteroatoms. The summed E-state index contributed by atoms with van der Waals surface area (Å²) in [5.74, 6) is 2.47. The van der Waals surface area contributed by atoms with Crippen LogP contribution in [0.15, 0.2) is 30.7 Å². The second-order valence-electron chi connectivity index (χ2n) is 6.84. The predicted molar refractivity (Wildman–Crippen MR) is 97.9 cm³/mol. The Kier molecular flexibility index (Phi) is 4.73. The van der Waals surface area contributed by atoms with Gasteiger partial charge < -0.3 is 14.4 Å². The van der Waals surface area contributed by atoms with Crippen molar-refractivity contribution in [1.82, 2.24) is 9.97 Å². The zero-order valence-electron chi connectivity index (χ0n) is 15.0. The van der Waals surface area contributed by atoms with Gasteiger partial charge in [-0.3, -0.25) is 4.79 Å². The highest BCUT2D eigenvalue weighted by molar-refractivity contribution is 5.99. The van der Waals surface area contributed by atoms with Crippen molar-refractivity contribution in [2.24, 2.45) is 5.92 Å². The predicted octanol–water partition coefficient (Wildman–Crippen LogP) is 3.26. The SMILES string of the molecule is CCCc1cncnc1N1CCC[C@@H](C(=O)c2ccc3c(c2)OCO3)C1. The van der Waals surface area contributed by atoms with Gasteiger partial charge in [-0.15, -0.1) is 0 Å². The van der Waals surface area contributed by atoms with Crippen molar-refractivity contribution in [2.45, 2.75) is 32.6 Å². The number of ether oxygens (including phenoxy) is 2. The average Bonchev–Trinajstić information content (AvgIpc) is 3.16. The number of fused-ring (bicyclic) bond motifs is 1. The number of nitrogens with zero attached hydrogens (tertiary/aromatic N) is 3. The van der Waals surface area contributed by atoms with Gasteiger partial charge >= 0.3 is 0 Å². The highest BCUT2D eigenvalue weighted by Gasteiger charge is 2.29. The van der Waals surface area contributed by atoms with E-state index in [1.165, 1.54) is 0 Å². The van der Waals surface area contributed by atoms with Crippen LogP contribution in [0.4, 0.5) is 5.82 Å². The Morgan fingerprint density at radius 3 is 3.08 bits per heavy atom. The monoisotopic (exact) mass is 353 g/mol. The number of rotatable bonds is 5. The Morgan fingerprint density at radius 2 is 2.19 bits per heavy atom. The Labute approximate surface area is 153 Å². The zero-order valence-corrected chi connectivity index (χ0v) is 15.0. The molecule has 2 aliphatic rings. The van der Waals surface area contributed by atoms with Crippen LogP contribution in [-0.2, 0) is 6.42 Å². The minimum atomic E-state index is -0.0337. The lowest BCUT2D eigenvalue weighted by atomic mass is 9.89. The molecule has 6 nitrogen and oxygen atoms in total. The van der Waals surface area contributed by atoms with Crippen molar-refractivity contribution in [3.8, 4) is 11.5 Å². The minimum Gasteiger partial charge on any atom is -0.454 e. The Hall–Kier alpha value is -2.63. The maximum absolute atomic E-state index is 13.0. The molecular weight excluding hydrogens is 330 g/mol. The first kappa shape index (κ1) is 16.8. The van der Waals surface area contributed by atoms with E-state index < -0.39 is 0 Å². The first-order valence-corrected chi connectivity index (χ1v) is 9.24. The van der Waals surface area contributed by atoms with Crippen LogP contribution in [0.2, 0.25) is 0 Å². The highest BCUT2D eigenvalue weighted by atomic mass is 16.7. The van der Waals surface area contributed by atoms with Crippen LogP contribution in [0.1, 0.15) is 42.1 Å². The Balaban J connectivity index is 1.53. The highest BCUT2D eigenvalue weighted by Crippen LogP contribution is 2.34. The molecule has 3 heterocycles. The van der Waals surface area contributed by atoms with Gasteiger partial charge in [-0.1, -0.05) is 13.3 Å². The number of carbonyl (C=O) groups is 1. The third-order valence-electron chi connectivity index (χ3n) is 5.03. The van der Waals surface area contributed by atoms with Crippen LogP contribution in [0, 0.1) is 5.92 Å². The number of hydrogen-bond acceptors (Lipinski definition) is 6. The molecule has 26 heavy (non-hydrogen) atoms. The lowest BCUT2D eigenvalue weighted by Gasteiger charge is -2.33. The number of benzene rings is 1. The molecule has 0 radical (unpaired) electrons. The number of aromatic nitrogens is 2. The average molecular weight is 353 g/mol. The van der Waals surface area contributed by atoms with Gasteiger partial charge in [-0.2, -0.15) is 0 Å². The van der Waals surface area contributed by atoms with Gasteiger partial charge in [0.15, 0.2) is 17.3 Å². The van der Waals surface area contributed by atoms with Gasteiger partial charge in [0, 0.05) is 36.3 Å². The molecule has 0 unspecified atom stereocenters. The van der Waals surface area contributed by atoms with Crippen LogP contribution in [0.5, 0.6) is 11.5 Å². The molecule has 0 aliphatic carbocycles. The molecule has 1 aromatic carbocycles. The molecule has 0 saturated carbocycles. The van der Waals surface area contributed by atoms with Gasteiger partial charge in [0.2, 0.25) is 6.79 Å². The number of anilines is 1. The van der Waals surface area contributed by atoms with Crippen LogP contribution in [0.3, 0.4) is 0 Å². The lowest BCUT2D eigenvalue weighted by molar-refractivity contribution is 0.0906. The molecule has 0 amide bonds. The van der Waals surface area contributed by atoms with E-state index in [1.54, 1.807) is 12.4 Å². The molecular formula is C20H23N3O3. The first-order chi connectivity index (χ1) is 12.8. The summed E-state index contributed by atoms with van der Waals surface area (Å²) in [7, 11) is 0. The van der Waals surface area contributed by atoms with E-state index in [4.69, 9.17) is 9.47 Å². The number of aryl methyl sites for hydroxylation is 1. The van der Waals surface area contributed by atoms with Crippen LogP contribution < -0.4 is 14.4 Å². The number of piperidine rings is 1. The second kappa shape index (κ2) is 7.32. The Morgan fingerprint density at radius 1 is 1.31 bits per heavy atom. The van der Waals surface area contributed by atoms with E-state index in [0.29, 0.717) is 23.6 Å². The topological polar surface area (TPSA) is 64.6 Å². The summed E-state index contributed by atoms with van der Waals surface area (Å²) in [5, 5.41) is 0. The molecule has 1 saturated heterocycles. The molecule has 4 rings (SSSR count). The summed E-state index contributed by atoms with van der Waals surface area (Å²) in [6.45, 7) is 4.00. The lowest BCUT2D eigenvalue weighted by Crippen LogP contribution is -2.39. The number of carbonyl (C=O) groups excluding carboxylic acids is 1. The molecule has 0 N–H and O–H groups in total. The molecule has 1 atom stereocenters. The van der Waals surface area contributed by atoms with E-state index in [9.17, 15) is 4.79 Å². The standard InChI is InChI=1S/C20H23N3O3/c1-2-4-15-10-21-12-22-20(15)23-8-3-5-16(11-23)19(24)14-6-7-17-18(9-14)26-13-25-17/h6-7,9-10,12,16H,2-5,8,11,13H2,1H3/t16-/m1/s1. The maximum atomic E-state index is 13.0. The second-order valence-corrected chi connectivity index (χ2v) is 6.84. The van der Waals surface area contributed by atoms with E-state index in [-0.39, 0.29) is 18.5 Å². The minimum absolute atomic E-state index is 0.0337. The zero-order chi connectivity index (χ0) is 17.9. The molecule has 1 fully saturated rings. The Bertz CT molecular complexity index is 809. The summed E-state index contributed by atoms with van der Waals surface area (Å²) in [5.41, 5.74) is 1.85. The van der Waals surface area contributed by atoms with Gasteiger partial charge in [0.1, 0.15) is 12.1 Å². The summed E-state index contributed by atoms with van der Waals surface area (Å²) < 4.78 is 10.7. The molecule has 2 aromatic rings. The van der Waals surface area contributed by atoms with Crippen molar-refractivity contribution in [3.63, 3.8) is 0 Å². The van der Waals surface area contributed by atoms with Crippen LogP contribution in [0.25, 0.3) is 0 Å². The molecule has 2 aliphatic heterocycles. The number of Topliss-reactive ketones (excluding diaryl/α,β-unsaturated/α-hetero) is 1. The van der Waals surface area contributed by atoms with Gasteiger partial charge in [-0.05, 0) is 37.5 Å². The third-order valence-corrected chi connectivity index (χ3v) is 5.03. The third kappa shape index (κ3) is 3.23. The largest absolute Gasteiger partial charge is 0.454 e. The molecule has 0 spiro atoms. The fourth-order valence-corrected chi connectivity index (χ4v) is 3.75. The maximum Gasteiger partial charge on any atom is 0.231 e. The summed E-state index contributed by atoms with van der Waals surface area (Å²) >= 11 is 0. The van der Waals surface area contributed by atoms with Crippen molar-refractivity contribution < 1.29 is 14.3 Å². The van der Waals surface area contributed by atoms with Crippen molar-refractivity contribution >= 4 is 11.6 Å². The number of hydrogen-bond donors (Lipinski definition) is 0. The molecule has 1 aromatic heterocycles. The van der Waals surface area contributed by atoms with E-state index in [2.05, 4.69) is 21.8 Å². The van der Waals surface area contributed by atoms with E-state index in [0.717, 1.165) is 43.6 Å². The quantitative estimate of drug-likeness (QED) is 0.769. The van der Waals surface area contributed by atoms with Gasteiger partial charge in [-0.25, -0.2) is 9.97 Å². The summed E-state index contributed by atoms with van der Waals surface area (Å²) in [4.78, 5) is 23.9. The summed E-state index contributed by atoms with van der Waals surface area (Å²) in [6, 6.07) is 5.46. The fourth-order valence-electron chi connectivity index (χ4n) is 3.75. The fraction of sp³-hybridized carbons (Fsp3) is 0.450. The number of ketones is 1. The first-order valence-electron chi connectivity index (χ1n) is 9.24. The summed E-state index contributed by atoms with van der Waals surface area (Å²) in [6.07, 6.45) is 7.38.